The number of nitrogens with one attached hydrogen (secondary N) is 1. The lowest BCUT2D eigenvalue weighted by Crippen LogP contribution is -2.21. The lowest BCUT2D eigenvalue weighted by molar-refractivity contribution is 0.573. The van der Waals surface area contributed by atoms with Gasteiger partial charge in [-0.05, 0) is 31.5 Å². The van der Waals surface area contributed by atoms with Gasteiger partial charge in [-0.2, -0.15) is 0 Å². The largest absolute Gasteiger partial charge is 0.310 e. The molecule has 0 amide bonds. The van der Waals surface area contributed by atoms with E-state index in [0.717, 1.165) is 29.2 Å². The highest BCUT2D eigenvalue weighted by atomic mass is 32.2. The van der Waals surface area contributed by atoms with Gasteiger partial charge in [-0.25, -0.2) is 18.5 Å². The van der Waals surface area contributed by atoms with Gasteiger partial charge in [0.25, 0.3) is 0 Å². The molecule has 0 radical (unpaired) electrons. The number of primary sulfonamides is 1. The summed E-state index contributed by atoms with van der Waals surface area (Å²) < 4.78 is 22.4. The standard InChI is InChI=1S/C14H19N3O2S2/c1-10(16-8-7-13-9-20-11(2)17-13)12-3-5-14(6-4-12)21(15,18)19/h3-6,9-10,16H,7-8H2,1-2H3,(H2,15,18,19). The Bertz CT molecular complexity index is 693. The normalized spacial score (nSPS) is 13.3. The number of aryl methyl sites for hydroxylation is 1. The zero-order valence-electron chi connectivity index (χ0n) is 12.0. The molecule has 3 N–H and O–H groups in total. The van der Waals surface area contributed by atoms with Crippen molar-refractivity contribution in [3.63, 3.8) is 0 Å². The SMILES string of the molecule is Cc1nc(CCNC(C)c2ccc(S(N)(=O)=O)cc2)cs1. The number of hydrogen-bond acceptors (Lipinski definition) is 5. The molecular formula is C14H19N3O2S2. The Morgan fingerprint density at radius 2 is 2.00 bits per heavy atom. The van der Waals surface area contributed by atoms with Gasteiger partial charge in [0.2, 0.25) is 10.0 Å². The highest BCUT2D eigenvalue weighted by Gasteiger charge is 2.09. The van der Waals surface area contributed by atoms with E-state index in [2.05, 4.69) is 15.7 Å². The van der Waals surface area contributed by atoms with Crippen molar-refractivity contribution >= 4 is 21.4 Å². The van der Waals surface area contributed by atoms with Gasteiger partial charge in [-0.15, -0.1) is 11.3 Å². The molecule has 0 bridgehead atoms. The molecular weight excluding hydrogens is 306 g/mol. The first-order chi connectivity index (χ1) is 9.86. The van der Waals surface area contributed by atoms with Crippen LogP contribution in [0.1, 0.15) is 29.2 Å². The highest BCUT2D eigenvalue weighted by molar-refractivity contribution is 7.89. The maximum Gasteiger partial charge on any atom is 0.238 e. The van der Waals surface area contributed by atoms with Crippen LogP contribution < -0.4 is 10.5 Å². The van der Waals surface area contributed by atoms with Crippen molar-refractivity contribution in [1.29, 1.82) is 0 Å². The average molecular weight is 325 g/mol. The molecule has 0 aliphatic heterocycles. The number of thiazole rings is 1. The molecule has 0 saturated heterocycles. The molecule has 1 aromatic carbocycles. The molecule has 7 heteroatoms. The minimum absolute atomic E-state index is 0.136. The fourth-order valence-corrected chi connectivity index (χ4v) is 3.17. The first-order valence-electron chi connectivity index (χ1n) is 6.63. The van der Waals surface area contributed by atoms with Crippen molar-refractivity contribution in [2.75, 3.05) is 6.54 Å². The van der Waals surface area contributed by atoms with E-state index in [1.807, 2.05) is 13.8 Å². The van der Waals surface area contributed by atoms with Gasteiger partial charge in [0.05, 0.1) is 15.6 Å². The zero-order chi connectivity index (χ0) is 15.5. The Morgan fingerprint density at radius 3 is 2.52 bits per heavy atom. The first kappa shape index (κ1) is 16.1. The van der Waals surface area contributed by atoms with Crippen LogP contribution in [0, 0.1) is 6.92 Å². The molecule has 1 heterocycles. The Labute approximate surface area is 129 Å². The molecule has 0 saturated carbocycles. The molecule has 0 aliphatic carbocycles. The van der Waals surface area contributed by atoms with Crippen molar-refractivity contribution < 1.29 is 8.42 Å². The minimum Gasteiger partial charge on any atom is -0.310 e. The van der Waals surface area contributed by atoms with Crippen molar-refractivity contribution in [3.05, 3.63) is 45.9 Å². The molecule has 2 rings (SSSR count). The van der Waals surface area contributed by atoms with E-state index in [-0.39, 0.29) is 10.9 Å². The van der Waals surface area contributed by atoms with Crippen LogP contribution in [0.4, 0.5) is 0 Å². The maximum absolute atomic E-state index is 11.2. The molecule has 0 spiro atoms. The highest BCUT2D eigenvalue weighted by Crippen LogP contribution is 2.15. The summed E-state index contributed by atoms with van der Waals surface area (Å²) in [6.45, 7) is 4.86. The van der Waals surface area contributed by atoms with E-state index < -0.39 is 10.0 Å². The first-order valence-corrected chi connectivity index (χ1v) is 9.06. The van der Waals surface area contributed by atoms with Gasteiger partial charge >= 0.3 is 0 Å². The lowest BCUT2D eigenvalue weighted by Gasteiger charge is -2.14. The van der Waals surface area contributed by atoms with Gasteiger partial charge in [-0.1, -0.05) is 12.1 Å². The molecule has 1 aromatic heterocycles. The van der Waals surface area contributed by atoms with E-state index in [4.69, 9.17) is 5.14 Å². The smallest absolute Gasteiger partial charge is 0.238 e. The number of benzene rings is 1. The number of nitrogens with zero attached hydrogens (tertiary/aromatic N) is 1. The third kappa shape index (κ3) is 4.60. The second kappa shape index (κ2) is 6.65. The van der Waals surface area contributed by atoms with Crippen LogP contribution in [0.5, 0.6) is 0 Å². The van der Waals surface area contributed by atoms with Crippen LogP contribution in [0.2, 0.25) is 0 Å². The van der Waals surface area contributed by atoms with Gasteiger partial charge in [-0.3, -0.25) is 0 Å². The second-order valence-corrected chi connectivity index (χ2v) is 7.52. The van der Waals surface area contributed by atoms with Crippen LogP contribution in [0.3, 0.4) is 0 Å². The number of hydrogen-bond donors (Lipinski definition) is 2. The molecule has 21 heavy (non-hydrogen) atoms. The predicted octanol–water partition coefficient (Wildman–Crippen LogP) is 1.99. The summed E-state index contributed by atoms with van der Waals surface area (Å²) in [4.78, 5) is 4.55. The van der Waals surface area contributed by atoms with E-state index in [0.29, 0.717) is 0 Å². The molecule has 1 atom stereocenters. The third-order valence-corrected chi connectivity index (χ3v) is 4.96. The fraction of sp³-hybridized carbons (Fsp3) is 0.357. The third-order valence-electron chi connectivity index (χ3n) is 3.21. The summed E-state index contributed by atoms with van der Waals surface area (Å²) >= 11 is 1.66. The summed E-state index contributed by atoms with van der Waals surface area (Å²) in [6, 6.07) is 6.77. The summed E-state index contributed by atoms with van der Waals surface area (Å²) in [5.74, 6) is 0. The predicted molar refractivity (Wildman–Crippen MR) is 84.8 cm³/mol. The van der Waals surface area contributed by atoms with Crippen LogP contribution in [-0.2, 0) is 16.4 Å². The molecule has 1 unspecified atom stereocenters. The Kier molecular flexibility index (Phi) is 5.10. The molecule has 2 aromatic rings. The minimum atomic E-state index is -3.62. The van der Waals surface area contributed by atoms with Gasteiger partial charge < -0.3 is 5.32 Å². The van der Waals surface area contributed by atoms with Crippen LogP contribution in [0.25, 0.3) is 0 Å². The summed E-state index contributed by atoms with van der Waals surface area (Å²) in [5.41, 5.74) is 2.12. The van der Waals surface area contributed by atoms with E-state index in [1.54, 1.807) is 23.5 Å². The number of aromatic nitrogens is 1. The zero-order valence-corrected chi connectivity index (χ0v) is 13.7. The quantitative estimate of drug-likeness (QED) is 0.850. The van der Waals surface area contributed by atoms with Crippen LogP contribution in [0.15, 0.2) is 34.5 Å². The Balaban J connectivity index is 1.89. The van der Waals surface area contributed by atoms with Crippen molar-refractivity contribution in [2.24, 2.45) is 5.14 Å². The number of rotatable bonds is 6. The second-order valence-electron chi connectivity index (χ2n) is 4.90. The maximum atomic E-state index is 11.2. The Morgan fingerprint density at radius 1 is 1.33 bits per heavy atom. The summed E-state index contributed by atoms with van der Waals surface area (Å²) in [5, 5.41) is 11.6. The average Bonchev–Trinajstić information content (AvgIpc) is 2.83. The van der Waals surface area contributed by atoms with Crippen molar-refractivity contribution in [1.82, 2.24) is 10.3 Å². The number of sulfonamides is 1. The van der Waals surface area contributed by atoms with Crippen molar-refractivity contribution in [3.8, 4) is 0 Å². The molecule has 0 aliphatic rings. The fourth-order valence-electron chi connectivity index (χ4n) is 2.00. The van der Waals surface area contributed by atoms with Crippen LogP contribution >= 0.6 is 11.3 Å². The monoisotopic (exact) mass is 325 g/mol. The number of nitrogens with two attached hydrogens (primary N) is 1. The van der Waals surface area contributed by atoms with E-state index >= 15 is 0 Å². The van der Waals surface area contributed by atoms with Crippen LogP contribution in [-0.4, -0.2) is 19.9 Å². The summed E-state index contributed by atoms with van der Waals surface area (Å²) in [6.07, 6.45) is 0.879. The Hall–Kier alpha value is -1.28. The van der Waals surface area contributed by atoms with Gasteiger partial charge in [0.15, 0.2) is 0 Å². The van der Waals surface area contributed by atoms with Gasteiger partial charge in [0.1, 0.15) is 0 Å². The van der Waals surface area contributed by atoms with Gasteiger partial charge in [0, 0.05) is 24.4 Å². The molecule has 5 nitrogen and oxygen atoms in total. The van der Waals surface area contributed by atoms with E-state index in [9.17, 15) is 8.42 Å². The lowest BCUT2D eigenvalue weighted by atomic mass is 10.1. The van der Waals surface area contributed by atoms with E-state index in [1.165, 1.54) is 12.1 Å². The van der Waals surface area contributed by atoms with Crippen molar-refractivity contribution in [2.45, 2.75) is 31.2 Å². The topological polar surface area (TPSA) is 85.1 Å². The molecule has 114 valence electrons. The molecule has 0 fully saturated rings. The summed E-state index contributed by atoms with van der Waals surface area (Å²) in [7, 11) is -3.62.